The number of ketones is 1. The third-order valence-electron chi connectivity index (χ3n) is 1.72. The van der Waals surface area contributed by atoms with Crippen LogP contribution in [0, 0.1) is 11.3 Å². The maximum atomic E-state index is 11.4. The Bertz CT molecular complexity index is 432. The zero-order valence-corrected chi connectivity index (χ0v) is 8.19. The van der Waals surface area contributed by atoms with Crippen LogP contribution >= 0.6 is 0 Å². The monoisotopic (exact) mass is 203 g/mol. The van der Waals surface area contributed by atoms with Crippen LogP contribution in [0.4, 0.5) is 0 Å². The first kappa shape index (κ1) is 10.9. The molecule has 4 nitrogen and oxygen atoms in total. The second-order valence-corrected chi connectivity index (χ2v) is 2.90. The minimum absolute atomic E-state index is 0.287. The first-order chi connectivity index (χ1) is 7.13. The van der Waals surface area contributed by atoms with Gasteiger partial charge in [-0.3, -0.25) is 9.59 Å². The van der Waals surface area contributed by atoms with Crippen LogP contribution in [0.5, 0.6) is 0 Å². The van der Waals surface area contributed by atoms with Gasteiger partial charge in [0.25, 0.3) is 0 Å². The fourth-order valence-electron chi connectivity index (χ4n) is 1.01. The summed E-state index contributed by atoms with van der Waals surface area (Å²) in [6.45, 7) is 0.948. The topological polar surface area (TPSA) is 67.2 Å². The van der Waals surface area contributed by atoms with Gasteiger partial charge < -0.3 is 4.74 Å². The molecule has 0 amide bonds. The molecule has 0 aliphatic carbocycles. The highest BCUT2D eigenvalue weighted by molar-refractivity contribution is 5.98. The molecule has 0 bridgehead atoms. The lowest BCUT2D eigenvalue weighted by atomic mass is 10.1. The minimum atomic E-state index is -0.500. The molecular weight excluding hydrogens is 194 g/mol. The lowest BCUT2D eigenvalue weighted by Gasteiger charge is -2.01. The number of Topliss-reactive ketones (excluding diaryl/α,β-unsaturated/α-hetero) is 1. The Morgan fingerprint density at radius 1 is 1.47 bits per heavy atom. The third kappa shape index (κ3) is 3.24. The molecule has 1 aromatic rings. The Kier molecular flexibility index (Phi) is 3.58. The van der Waals surface area contributed by atoms with Crippen molar-refractivity contribution < 1.29 is 14.3 Å². The van der Waals surface area contributed by atoms with E-state index in [-0.39, 0.29) is 12.4 Å². The second-order valence-electron chi connectivity index (χ2n) is 2.90. The van der Waals surface area contributed by atoms with E-state index in [9.17, 15) is 9.59 Å². The van der Waals surface area contributed by atoms with Gasteiger partial charge in [0.15, 0.2) is 12.4 Å². The average molecular weight is 203 g/mol. The molecular formula is C11H9NO3. The first-order valence-electron chi connectivity index (χ1n) is 4.30. The summed E-state index contributed by atoms with van der Waals surface area (Å²) < 4.78 is 4.56. The number of benzene rings is 1. The molecule has 1 aromatic carbocycles. The van der Waals surface area contributed by atoms with Gasteiger partial charge in [0.1, 0.15) is 0 Å². The van der Waals surface area contributed by atoms with E-state index in [1.807, 2.05) is 6.07 Å². The van der Waals surface area contributed by atoms with E-state index in [1.54, 1.807) is 18.2 Å². The van der Waals surface area contributed by atoms with Gasteiger partial charge in [0.05, 0.1) is 11.6 Å². The van der Waals surface area contributed by atoms with Crippen molar-refractivity contribution in [2.24, 2.45) is 0 Å². The van der Waals surface area contributed by atoms with Crippen LogP contribution in [0.1, 0.15) is 22.8 Å². The van der Waals surface area contributed by atoms with Crippen LogP contribution < -0.4 is 0 Å². The van der Waals surface area contributed by atoms with Gasteiger partial charge in [-0.1, -0.05) is 12.1 Å². The molecule has 0 unspecified atom stereocenters. The van der Waals surface area contributed by atoms with E-state index in [4.69, 9.17) is 5.26 Å². The molecule has 76 valence electrons. The molecule has 4 heteroatoms. The van der Waals surface area contributed by atoms with Crippen LogP contribution in [0.3, 0.4) is 0 Å². The van der Waals surface area contributed by atoms with E-state index in [0.29, 0.717) is 11.1 Å². The lowest BCUT2D eigenvalue weighted by Crippen LogP contribution is -2.11. The first-order valence-corrected chi connectivity index (χ1v) is 4.30. The molecule has 0 fully saturated rings. The lowest BCUT2D eigenvalue weighted by molar-refractivity contribution is -0.139. The van der Waals surface area contributed by atoms with Crippen LogP contribution in [-0.4, -0.2) is 18.4 Å². The number of hydrogen-bond donors (Lipinski definition) is 0. The van der Waals surface area contributed by atoms with E-state index in [1.165, 1.54) is 13.0 Å². The van der Waals surface area contributed by atoms with E-state index >= 15 is 0 Å². The second kappa shape index (κ2) is 4.91. The molecule has 0 aliphatic rings. The minimum Gasteiger partial charge on any atom is -0.457 e. The molecule has 0 saturated carbocycles. The fourth-order valence-corrected chi connectivity index (χ4v) is 1.01. The Morgan fingerprint density at radius 2 is 2.20 bits per heavy atom. The van der Waals surface area contributed by atoms with Crippen LogP contribution in [0.25, 0.3) is 0 Å². The Labute approximate surface area is 87.1 Å². The highest BCUT2D eigenvalue weighted by Gasteiger charge is 2.07. The summed E-state index contributed by atoms with van der Waals surface area (Å²) in [5.74, 6) is -0.818. The Hall–Kier alpha value is -2.15. The number of carbonyl (C=O) groups excluding carboxylic acids is 2. The Balaban J connectivity index is 2.74. The number of nitriles is 1. The highest BCUT2D eigenvalue weighted by Crippen LogP contribution is 2.05. The van der Waals surface area contributed by atoms with E-state index < -0.39 is 5.97 Å². The zero-order chi connectivity index (χ0) is 11.3. The third-order valence-corrected chi connectivity index (χ3v) is 1.72. The number of esters is 1. The van der Waals surface area contributed by atoms with Crippen molar-refractivity contribution in [3.63, 3.8) is 0 Å². The van der Waals surface area contributed by atoms with Gasteiger partial charge in [-0.25, -0.2) is 0 Å². The summed E-state index contributed by atoms with van der Waals surface area (Å²) in [5.41, 5.74) is 0.777. The summed E-state index contributed by atoms with van der Waals surface area (Å²) in [4.78, 5) is 21.9. The van der Waals surface area contributed by atoms with Crippen molar-refractivity contribution in [1.29, 1.82) is 5.26 Å². The predicted octanol–water partition coefficient (Wildman–Crippen LogP) is 1.30. The van der Waals surface area contributed by atoms with Crippen molar-refractivity contribution in [1.82, 2.24) is 0 Å². The standard InChI is InChI=1S/C11H9NO3/c1-8(13)15-7-11(14)10-4-2-3-9(5-10)6-12/h2-5H,7H2,1H3. The summed E-state index contributed by atoms with van der Waals surface area (Å²) in [5, 5.41) is 8.62. The quantitative estimate of drug-likeness (QED) is 0.548. The van der Waals surface area contributed by atoms with Crippen molar-refractivity contribution >= 4 is 11.8 Å². The fraction of sp³-hybridized carbons (Fsp3) is 0.182. The molecule has 0 N–H and O–H groups in total. The smallest absolute Gasteiger partial charge is 0.303 e. The van der Waals surface area contributed by atoms with Crippen LogP contribution in [-0.2, 0) is 9.53 Å². The van der Waals surface area contributed by atoms with Gasteiger partial charge >= 0.3 is 5.97 Å². The number of carbonyl (C=O) groups is 2. The van der Waals surface area contributed by atoms with Gasteiger partial charge in [-0.05, 0) is 12.1 Å². The van der Waals surface area contributed by atoms with Gasteiger partial charge in [-0.15, -0.1) is 0 Å². The van der Waals surface area contributed by atoms with E-state index in [2.05, 4.69) is 4.74 Å². The molecule has 0 atom stereocenters. The predicted molar refractivity (Wildman–Crippen MR) is 52.1 cm³/mol. The van der Waals surface area contributed by atoms with Crippen molar-refractivity contribution in [2.45, 2.75) is 6.92 Å². The van der Waals surface area contributed by atoms with Crippen molar-refractivity contribution in [2.75, 3.05) is 6.61 Å². The molecule has 0 saturated heterocycles. The SMILES string of the molecule is CC(=O)OCC(=O)c1cccc(C#N)c1. The van der Waals surface area contributed by atoms with Crippen LogP contribution in [0.15, 0.2) is 24.3 Å². The molecule has 0 spiro atoms. The summed E-state index contributed by atoms with van der Waals surface area (Å²) in [7, 11) is 0. The van der Waals surface area contributed by atoms with Crippen molar-refractivity contribution in [3.8, 4) is 6.07 Å². The van der Waals surface area contributed by atoms with Gasteiger partial charge in [-0.2, -0.15) is 5.26 Å². The number of ether oxygens (including phenoxy) is 1. The number of nitrogens with zero attached hydrogens (tertiary/aromatic N) is 1. The maximum Gasteiger partial charge on any atom is 0.303 e. The normalized spacial score (nSPS) is 9.07. The van der Waals surface area contributed by atoms with Gasteiger partial charge in [0.2, 0.25) is 0 Å². The average Bonchev–Trinajstić information content (AvgIpc) is 2.26. The molecule has 0 aliphatic heterocycles. The molecule has 15 heavy (non-hydrogen) atoms. The largest absolute Gasteiger partial charge is 0.457 e. The maximum absolute atomic E-state index is 11.4. The van der Waals surface area contributed by atoms with Crippen LogP contribution in [0.2, 0.25) is 0 Å². The Morgan fingerprint density at radius 3 is 2.80 bits per heavy atom. The zero-order valence-electron chi connectivity index (χ0n) is 8.19. The number of rotatable bonds is 3. The van der Waals surface area contributed by atoms with E-state index in [0.717, 1.165) is 0 Å². The summed E-state index contributed by atoms with van der Waals surface area (Å²) in [6.07, 6.45) is 0. The van der Waals surface area contributed by atoms with Crippen molar-refractivity contribution in [3.05, 3.63) is 35.4 Å². The number of hydrogen-bond acceptors (Lipinski definition) is 4. The molecule has 0 heterocycles. The molecule has 1 rings (SSSR count). The van der Waals surface area contributed by atoms with Gasteiger partial charge in [0, 0.05) is 12.5 Å². The summed E-state index contributed by atoms with van der Waals surface area (Å²) in [6, 6.07) is 8.18. The molecule has 0 aromatic heterocycles. The summed E-state index contributed by atoms with van der Waals surface area (Å²) >= 11 is 0. The highest BCUT2D eigenvalue weighted by atomic mass is 16.5. The molecule has 0 radical (unpaired) electrons.